The van der Waals surface area contributed by atoms with Crippen molar-refractivity contribution in [1.82, 2.24) is 25.1 Å². The van der Waals surface area contributed by atoms with Crippen LogP contribution in [0, 0.1) is 5.92 Å². The number of H-pyrrole nitrogens is 1. The van der Waals surface area contributed by atoms with Crippen molar-refractivity contribution >= 4 is 28.5 Å². The number of aromatic amines is 1. The van der Waals surface area contributed by atoms with Gasteiger partial charge in [0.1, 0.15) is 17.1 Å². The van der Waals surface area contributed by atoms with Crippen molar-refractivity contribution in [1.29, 1.82) is 0 Å². The van der Waals surface area contributed by atoms with Crippen LogP contribution >= 0.6 is 0 Å². The molecule has 5 heterocycles. The Bertz CT molecular complexity index is 1640. The number of pyridine rings is 1. The molecule has 0 aliphatic carbocycles. The molecule has 2 aromatic heterocycles. The van der Waals surface area contributed by atoms with E-state index in [0.717, 1.165) is 75.4 Å². The minimum atomic E-state index is -0.538. The molecular formula is C33H37N7O3. The molecule has 0 radical (unpaired) electrons. The molecule has 2 saturated heterocycles. The third-order valence-corrected chi connectivity index (χ3v) is 9.09. The first kappa shape index (κ1) is 27.4. The van der Waals surface area contributed by atoms with Crippen LogP contribution in [0.3, 0.4) is 0 Å². The van der Waals surface area contributed by atoms with E-state index in [9.17, 15) is 9.59 Å². The van der Waals surface area contributed by atoms with Crippen LogP contribution in [0.2, 0.25) is 0 Å². The molecule has 0 saturated carbocycles. The summed E-state index contributed by atoms with van der Waals surface area (Å²) in [5.74, 6) is 0.781. The van der Waals surface area contributed by atoms with Crippen molar-refractivity contribution in [3.05, 3.63) is 83.7 Å². The summed E-state index contributed by atoms with van der Waals surface area (Å²) >= 11 is 0. The molecule has 2 atom stereocenters. The third kappa shape index (κ3) is 5.68. The summed E-state index contributed by atoms with van der Waals surface area (Å²) in [4.78, 5) is 40.2. The number of carbonyl (C=O) groups excluding carboxylic acids is 2. The maximum Gasteiger partial charge on any atom is 0.252 e. The topological polar surface area (TPSA) is 120 Å². The van der Waals surface area contributed by atoms with E-state index in [0.29, 0.717) is 23.6 Å². The fourth-order valence-corrected chi connectivity index (χ4v) is 6.69. The molecule has 2 fully saturated rings. The molecule has 43 heavy (non-hydrogen) atoms. The minimum absolute atomic E-state index is 0.0742. The maximum absolute atomic E-state index is 13.6. The average molecular weight is 580 g/mol. The Morgan fingerprint density at radius 2 is 1.86 bits per heavy atom. The summed E-state index contributed by atoms with van der Waals surface area (Å²) in [5.41, 5.74) is 10.4. The van der Waals surface area contributed by atoms with Gasteiger partial charge in [-0.25, -0.2) is 4.98 Å². The van der Waals surface area contributed by atoms with Crippen LogP contribution in [-0.2, 0) is 17.8 Å². The van der Waals surface area contributed by atoms with E-state index in [1.54, 1.807) is 12.3 Å². The summed E-state index contributed by atoms with van der Waals surface area (Å²) in [6.07, 6.45) is 5.27. The Morgan fingerprint density at radius 1 is 1.02 bits per heavy atom. The minimum Gasteiger partial charge on any atom is -0.455 e. The molecule has 0 bridgehead atoms. The van der Waals surface area contributed by atoms with Gasteiger partial charge < -0.3 is 30.6 Å². The second-order valence-electron chi connectivity index (χ2n) is 11.8. The number of benzene rings is 2. The molecule has 1 unspecified atom stereocenters. The lowest BCUT2D eigenvalue weighted by Crippen LogP contribution is -2.55. The van der Waals surface area contributed by atoms with Crippen molar-refractivity contribution < 1.29 is 14.3 Å². The number of nitrogens with one attached hydrogen (secondary N) is 2. The Morgan fingerprint density at radius 3 is 2.65 bits per heavy atom. The van der Waals surface area contributed by atoms with Crippen molar-refractivity contribution in [2.75, 3.05) is 50.7 Å². The van der Waals surface area contributed by atoms with E-state index < -0.39 is 5.91 Å². The standard InChI is InChI=1S/C33H37N7O3/c34-31(41)29-6-5-26(17-30(29)43-28-16-23-8-10-36-32(23)37-19-28)39-13-11-38(12-14-39)21-27-15-22-3-1-2-4-25(22)20-40(27)33(42)24-7-9-35-18-24/h1-6,8,10,16-17,19,24,27,35H,7,9,11-15,18,20-21H2,(H2,34,41)(H,36,37)/t24?,27-/m0/s1. The SMILES string of the molecule is NC(=O)c1ccc(N2CCN(C[C@@H]3Cc4ccccc4CN3C(=O)C3CCNC3)CC2)cc1Oc1cnc2[nH]ccc2c1. The van der Waals surface area contributed by atoms with Crippen LogP contribution in [0.5, 0.6) is 11.5 Å². The lowest BCUT2D eigenvalue weighted by atomic mass is 9.92. The van der Waals surface area contributed by atoms with Crippen LogP contribution in [0.25, 0.3) is 11.0 Å². The van der Waals surface area contributed by atoms with Crippen molar-refractivity contribution in [3.8, 4) is 11.5 Å². The zero-order valence-corrected chi connectivity index (χ0v) is 24.2. The average Bonchev–Trinajstić information content (AvgIpc) is 3.73. The molecule has 222 valence electrons. The van der Waals surface area contributed by atoms with Gasteiger partial charge in [-0.3, -0.25) is 14.5 Å². The van der Waals surface area contributed by atoms with Crippen LogP contribution in [0.1, 0.15) is 27.9 Å². The first-order valence-electron chi connectivity index (χ1n) is 15.1. The number of ether oxygens (including phenoxy) is 1. The second kappa shape index (κ2) is 11.7. The molecule has 3 aliphatic heterocycles. The van der Waals surface area contributed by atoms with Crippen LogP contribution in [0.15, 0.2) is 67.0 Å². The number of carbonyl (C=O) groups is 2. The predicted molar refractivity (Wildman–Crippen MR) is 165 cm³/mol. The first-order valence-corrected chi connectivity index (χ1v) is 15.1. The van der Waals surface area contributed by atoms with Gasteiger partial charge in [0, 0.05) is 75.2 Å². The fourth-order valence-electron chi connectivity index (χ4n) is 6.69. The Hall–Kier alpha value is -4.41. The van der Waals surface area contributed by atoms with Gasteiger partial charge in [-0.05, 0) is 54.8 Å². The summed E-state index contributed by atoms with van der Waals surface area (Å²) in [5, 5.41) is 4.28. The molecule has 10 nitrogen and oxygen atoms in total. The molecule has 4 N–H and O–H groups in total. The highest BCUT2D eigenvalue weighted by Gasteiger charge is 2.36. The summed E-state index contributed by atoms with van der Waals surface area (Å²) in [7, 11) is 0. The molecule has 2 aromatic carbocycles. The Balaban J connectivity index is 1.04. The molecule has 10 heteroatoms. The second-order valence-corrected chi connectivity index (χ2v) is 11.8. The Labute approximate surface area is 250 Å². The van der Waals surface area contributed by atoms with Crippen molar-refractivity contribution in [2.45, 2.75) is 25.4 Å². The predicted octanol–water partition coefficient (Wildman–Crippen LogP) is 3.14. The molecule has 3 aliphatic rings. The number of primary amides is 1. The smallest absolute Gasteiger partial charge is 0.252 e. The highest BCUT2D eigenvalue weighted by Crippen LogP contribution is 2.32. The van der Waals surface area contributed by atoms with Gasteiger partial charge in [-0.2, -0.15) is 0 Å². The fraction of sp³-hybridized carbons (Fsp3) is 0.364. The van der Waals surface area contributed by atoms with Gasteiger partial charge in [0.05, 0.1) is 17.7 Å². The lowest BCUT2D eigenvalue weighted by Gasteiger charge is -2.43. The van der Waals surface area contributed by atoms with Gasteiger partial charge in [-0.15, -0.1) is 0 Å². The third-order valence-electron chi connectivity index (χ3n) is 9.09. The van der Waals surface area contributed by atoms with Gasteiger partial charge >= 0.3 is 0 Å². The highest BCUT2D eigenvalue weighted by atomic mass is 16.5. The van der Waals surface area contributed by atoms with E-state index in [2.05, 4.69) is 54.2 Å². The molecule has 0 spiro atoms. The van der Waals surface area contributed by atoms with E-state index in [-0.39, 0.29) is 17.9 Å². The van der Waals surface area contributed by atoms with Gasteiger partial charge in [0.15, 0.2) is 0 Å². The van der Waals surface area contributed by atoms with E-state index >= 15 is 0 Å². The highest BCUT2D eigenvalue weighted by molar-refractivity contribution is 5.96. The first-order chi connectivity index (χ1) is 21.0. The van der Waals surface area contributed by atoms with E-state index in [1.807, 2.05) is 30.5 Å². The Kier molecular flexibility index (Phi) is 7.46. The molecule has 7 rings (SSSR count). The number of hydrogen-bond acceptors (Lipinski definition) is 7. The van der Waals surface area contributed by atoms with Crippen LogP contribution < -0.4 is 20.7 Å². The molecule has 2 amide bonds. The number of piperazine rings is 1. The number of nitrogens with zero attached hydrogens (tertiary/aromatic N) is 4. The van der Waals surface area contributed by atoms with Crippen LogP contribution in [-0.4, -0.2) is 83.4 Å². The molecule has 4 aromatic rings. The largest absolute Gasteiger partial charge is 0.455 e. The summed E-state index contributed by atoms with van der Waals surface area (Å²) < 4.78 is 6.15. The van der Waals surface area contributed by atoms with E-state index in [4.69, 9.17) is 10.5 Å². The monoisotopic (exact) mass is 579 g/mol. The normalized spacial score (nSPS) is 20.7. The zero-order chi connectivity index (χ0) is 29.3. The van der Waals surface area contributed by atoms with Crippen LogP contribution in [0.4, 0.5) is 5.69 Å². The molecular weight excluding hydrogens is 542 g/mol. The van der Waals surface area contributed by atoms with Gasteiger partial charge in [-0.1, -0.05) is 24.3 Å². The maximum atomic E-state index is 13.6. The van der Waals surface area contributed by atoms with Gasteiger partial charge in [0.25, 0.3) is 5.91 Å². The van der Waals surface area contributed by atoms with E-state index in [1.165, 1.54) is 11.1 Å². The number of amides is 2. The number of hydrogen-bond donors (Lipinski definition) is 3. The zero-order valence-electron chi connectivity index (χ0n) is 24.2. The number of fused-ring (bicyclic) bond motifs is 2. The summed E-state index contributed by atoms with van der Waals surface area (Å²) in [6.45, 7) is 6.67. The summed E-state index contributed by atoms with van der Waals surface area (Å²) in [6, 6.07) is 18.1. The van der Waals surface area contributed by atoms with Crippen molar-refractivity contribution in [2.24, 2.45) is 11.7 Å². The number of anilines is 1. The number of rotatable bonds is 7. The van der Waals surface area contributed by atoms with Gasteiger partial charge in [0.2, 0.25) is 5.91 Å². The lowest BCUT2D eigenvalue weighted by molar-refractivity contribution is -0.139. The van der Waals surface area contributed by atoms with Crippen molar-refractivity contribution in [3.63, 3.8) is 0 Å². The number of aromatic nitrogens is 2. The quantitative estimate of drug-likeness (QED) is 0.308. The number of nitrogens with two attached hydrogens (primary N) is 1.